The molecule has 140 valence electrons. The maximum absolute atomic E-state index is 5.72. The van der Waals surface area contributed by atoms with Crippen LogP contribution in [-0.4, -0.2) is 12.5 Å². The van der Waals surface area contributed by atoms with Gasteiger partial charge >= 0.3 is 0 Å². The van der Waals surface area contributed by atoms with Gasteiger partial charge in [0.25, 0.3) is 0 Å². The Bertz CT molecular complexity index is 962. The van der Waals surface area contributed by atoms with E-state index in [0.29, 0.717) is 12.5 Å². The van der Waals surface area contributed by atoms with Gasteiger partial charge < -0.3 is 4.74 Å². The zero-order chi connectivity index (χ0) is 19.8. The lowest BCUT2D eigenvalue weighted by atomic mass is 9.88. The van der Waals surface area contributed by atoms with Gasteiger partial charge in [-0.15, -0.1) is 18.0 Å². The minimum atomic E-state index is 0.475. The van der Waals surface area contributed by atoms with Crippen LogP contribution < -0.4 is 4.74 Å². The highest BCUT2D eigenvalue weighted by Crippen LogP contribution is 2.35. The van der Waals surface area contributed by atoms with Crippen LogP contribution in [0.2, 0.25) is 0 Å². The first-order valence-corrected chi connectivity index (χ1v) is 9.95. The number of allylic oxidation sites excluding steroid dienone is 1. The largest absolute Gasteiger partial charge is 0.492 e. The van der Waals surface area contributed by atoms with Crippen molar-refractivity contribution >= 4 is 22.7 Å². The van der Waals surface area contributed by atoms with Crippen LogP contribution in [0.5, 0.6) is 5.75 Å². The summed E-state index contributed by atoms with van der Waals surface area (Å²) in [6.07, 6.45) is 6.45. The average molecular weight is 387 g/mol. The molecule has 0 bridgehead atoms. The molecule has 3 aromatic carbocycles. The third-order valence-corrected chi connectivity index (χ3v) is 4.76. The fraction of sp³-hybridized carbons (Fsp3) is 0.154. The summed E-state index contributed by atoms with van der Waals surface area (Å²) in [5.74, 6) is 3.99. The second kappa shape index (κ2) is 9.83. The molecule has 28 heavy (non-hydrogen) atoms. The third kappa shape index (κ3) is 4.66. The van der Waals surface area contributed by atoms with Crippen molar-refractivity contribution in [3.8, 4) is 18.1 Å². The maximum Gasteiger partial charge on any atom is 0.119 e. The second-order valence-corrected chi connectivity index (χ2v) is 6.73. The average Bonchev–Trinajstić information content (AvgIpc) is 2.77. The molecule has 0 aromatic heterocycles. The van der Waals surface area contributed by atoms with E-state index in [2.05, 4.69) is 61.4 Å². The molecule has 0 atom stereocenters. The van der Waals surface area contributed by atoms with Crippen LogP contribution in [-0.2, 0) is 0 Å². The van der Waals surface area contributed by atoms with E-state index in [0.717, 1.165) is 28.9 Å². The van der Waals surface area contributed by atoms with Gasteiger partial charge in [0.05, 0.1) is 5.88 Å². The quantitative estimate of drug-likeness (QED) is 0.251. The number of halogens is 1. The molecule has 0 unspecified atom stereocenters. The molecule has 0 spiro atoms. The summed E-state index contributed by atoms with van der Waals surface area (Å²) in [5.41, 5.74) is 6.90. The van der Waals surface area contributed by atoms with Crippen molar-refractivity contribution in [2.24, 2.45) is 0 Å². The minimum Gasteiger partial charge on any atom is -0.492 e. The second-order valence-electron chi connectivity index (χ2n) is 6.36. The van der Waals surface area contributed by atoms with E-state index in [1.54, 1.807) is 0 Å². The van der Waals surface area contributed by atoms with Crippen LogP contribution in [0.15, 0.2) is 78.9 Å². The molecular formula is C26H23ClO. The molecule has 0 aliphatic carbocycles. The molecule has 0 radical (unpaired) electrons. The van der Waals surface area contributed by atoms with Crippen LogP contribution in [0.25, 0.3) is 11.1 Å². The highest BCUT2D eigenvalue weighted by molar-refractivity contribution is 6.18. The summed E-state index contributed by atoms with van der Waals surface area (Å²) in [7, 11) is 0. The van der Waals surface area contributed by atoms with E-state index >= 15 is 0 Å². The molecule has 0 saturated heterocycles. The van der Waals surface area contributed by atoms with Gasteiger partial charge in [0.1, 0.15) is 12.4 Å². The molecular weight excluding hydrogens is 364 g/mol. The lowest BCUT2D eigenvalue weighted by molar-refractivity contribution is 0.343. The van der Waals surface area contributed by atoms with E-state index in [9.17, 15) is 0 Å². The molecule has 0 N–H and O–H groups in total. The van der Waals surface area contributed by atoms with Crippen molar-refractivity contribution in [2.45, 2.75) is 13.3 Å². The number of hydrogen-bond acceptors (Lipinski definition) is 1. The molecule has 0 saturated carbocycles. The molecule has 0 aliphatic heterocycles. The zero-order valence-corrected chi connectivity index (χ0v) is 16.7. The summed E-state index contributed by atoms with van der Waals surface area (Å²) in [5, 5.41) is 0. The van der Waals surface area contributed by atoms with Gasteiger partial charge in [-0.3, -0.25) is 0 Å². The highest BCUT2D eigenvalue weighted by Gasteiger charge is 2.13. The Morgan fingerprint density at radius 2 is 1.46 bits per heavy atom. The molecule has 1 nitrogen and oxygen atoms in total. The number of alkyl halides is 1. The number of ether oxygens (including phenoxy) is 1. The molecule has 3 rings (SSSR count). The first kappa shape index (κ1) is 19.8. The van der Waals surface area contributed by atoms with Crippen LogP contribution in [0.3, 0.4) is 0 Å². The van der Waals surface area contributed by atoms with Crippen LogP contribution in [0, 0.1) is 12.3 Å². The molecule has 0 heterocycles. The maximum atomic E-state index is 5.72. The topological polar surface area (TPSA) is 9.23 Å². The van der Waals surface area contributed by atoms with Crippen LogP contribution >= 0.6 is 11.6 Å². The Hall–Kier alpha value is -2.95. The Kier molecular flexibility index (Phi) is 6.95. The highest BCUT2D eigenvalue weighted by atomic mass is 35.5. The van der Waals surface area contributed by atoms with Crippen LogP contribution in [0.1, 0.15) is 35.6 Å². The number of rotatable bonds is 7. The van der Waals surface area contributed by atoms with Crippen molar-refractivity contribution in [3.05, 3.63) is 101 Å². The third-order valence-electron chi connectivity index (χ3n) is 4.61. The van der Waals surface area contributed by atoms with Crippen molar-refractivity contribution < 1.29 is 4.74 Å². The summed E-state index contributed by atoms with van der Waals surface area (Å²) in [4.78, 5) is 0. The standard InChI is InChI=1S/C26H23ClO/c1-3-20-10-12-22(13-11-20)26(25(4-2)21-8-6-5-7-9-21)23-14-16-24(17-15-23)28-19-18-27/h1,5-17H,4,18-19H2,2H3/b26-25-. The van der Waals surface area contributed by atoms with E-state index < -0.39 is 0 Å². The first-order valence-electron chi connectivity index (χ1n) is 9.41. The van der Waals surface area contributed by atoms with E-state index in [4.69, 9.17) is 22.8 Å². The lowest BCUT2D eigenvalue weighted by Crippen LogP contribution is -1.99. The molecule has 0 fully saturated rings. The summed E-state index contributed by atoms with van der Waals surface area (Å²) in [6, 6.07) is 26.9. The fourth-order valence-electron chi connectivity index (χ4n) is 3.29. The van der Waals surface area contributed by atoms with Crippen LogP contribution in [0.4, 0.5) is 0 Å². The van der Waals surface area contributed by atoms with Gasteiger partial charge in [0.2, 0.25) is 0 Å². The predicted octanol–water partition coefficient (Wildman–Crippen LogP) is 6.65. The van der Waals surface area contributed by atoms with Crippen molar-refractivity contribution in [3.63, 3.8) is 0 Å². The van der Waals surface area contributed by atoms with Gasteiger partial charge in [-0.2, -0.15) is 0 Å². The SMILES string of the molecule is C#Cc1ccc(/C(=C(\CC)c2ccccc2)c2ccc(OCCCl)cc2)cc1. The number of hydrogen-bond donors (Lipinski definition) is 0. The Balaban J connectivity index is 2.13. The molecule has 0 aliphatic rings. The predicted molar refractivity (Wildman–Crippen MR) is 120 cm³/mol. The Morgan fingerprint density at radius 1 is 0.857 bits per heavy atom. The first-order chi connectivity index (χ1) is 13.8. The van der Waals surface area contributed by atoms with E-state index in [1.807, 2.05) is 30.3 Å². The van der Waals surface area contributed by atoms with Gasteiger partial charge in [0, 0.05) is 5.56 Å². The summed E-state index contributed by atoms with van der Waals surface area (Å²) < 4.78 is 5.63. The molecule has 0 amide bonds. The zero-order valence-electron chi connectivity index (χ0n) is 16.0. The number of terminal acetylenes is 1. The van der Waals surface area contributed by atoms with Crippen molar-refractivity contribution in [1.29, 1.82) is 0 Å². The van der Waals surface area contributed by atoms with E-state index in [1.165, 1.54) is 16.7 Å². The summed E-state index contributed by atoms with van der Waals surface area (Å²) in [6.45, 7) is 2.69. The lowest BCUT2D eigenvalue weighted by Gasteiger charge is -2.17. The van der Waals surface area contributed by atoms with Crippen molar-refractivity contribution in [2.75, 3.05) is 12.5 Å². The smallest absolute Gasteiger partial charge is 0.119 e. The Morgan fingerprint density at radius 3 is 2.00 bits per heavy atom. The Labute approximate surface area is 172 Å². The molecule has 3 aromatic rings. The molecule has 2 heteroatoms. The van der Waals surface area contributed by atoms with Crippen molar-refractivity contribution in [1.82, 2.24) is 0 Å². The van der Waals surface area contributed by atoms with Gasteiger partial charge in [-0.05, 0) is 58.5 Å². The fourth-order valence-corrected chi connectivity index (χ4v) is 3.36. The van der Waals surface area contributed by atoms with E-state index in [-0.39, 0.29) is 0 Å². The monoisotopic (exact) mass is 386 g/mol. The summed E-state index contributed by atoms with van der Waals surface area (Å²) >= 11 is 5.72. The van der Waals surface area contributed by atoms with Gasteiger partial charge in [0.15, 0.2) is 0 Å². The van der Waals surface area contributed by atoms with Gasteiger partial charge in [-0.1, -0.05) is 67.4 Å². The van der Waals surface area contributed by atoms with Gasteiger partial charge in [-0.25, -0.2) is 0 Å². The number of benzene rings is 3. The normalized spacial score (nSPS) is 11.5. The minimum absolute atomic E-state index is 0.475.